The minimum atomic E-state index is -0.175. The van der Waals surface area contributed by atoms with Gasteiger partial charge in [-0.25, -0.2) is 0 Å². The zero-order chi connectivity index (χ0) is 11.6. The van der Waals surface area contributed by atoms with Gasteiger partial charge in [-0.05, 0) is 18.4 Å². The molecule has 0 aromatic heterocycles. The first-order valence-electron chi connectivity index (χ1n) is 6.22. The molecule has 0 spiro atoms. The smallest absolute Gasteiger partial charge is 0.0574 e. The van der Waals surface area contributed by atoms with E-state index in [0.717, 1.165) is 19.3 Å². The first-order valence-corrected chi connectivity index (χ1v) is 6.22. The van der Waals surface area contributed by atoms with Gasteiger partial charge in [0.05, 0.1) is 6.10 Å². The number of benzene rings is 1. The van der Waals surface area contributed by atoms with Gasteiger partial charge >= 0.3 is 0 Å². The van der Waals surface area contributed by atoms with Crippen molar-refractivity contribution < 1.29 is 5.11 Å². The largest absolute Gasteiger partial charge is 0.393 e. The molecule has 1 nitrogen and oxygen atoms in total. The Morgan fingerprint density at radius 2 is 1.94 bits per heavy atom. The zero-order valence-corrected chi connectivity index (χ0v) is 10.1. The van der Waals surface area contributed by atoms with Gasteiger partial charge < -0.3 is 5.11 Å². The van der Waals surface area contributed by atoms with Gasteiger partial charge in [-0.2, -0.15) is 0 Å². The molecule has 0 bridgehead atoms. The molecule has 0 saturated heterocycles. The van der Waals surface area contributed by atoms with E-state index in [1.807, 2.05) is 18.2 Å². The highest BCUT2D eigenvalue weighted by molar-refractivity contribution is 5.48. The molecular formula is C15H22O. The van der Waals surface area contributed by atoms with Crippen LogP contribution in [-0.4, -0.2) is 11.2 Å². The Labute approximate surface area is 98.8 Å². The van der Waals surface area contributed by atoms with Crippen molar-refractivity contribution in [2.45, 2.75) is 45.1 Å². The van der Waals surface area contributed by atoms with Crippen molar-refractivity contribution >= 4 is 6.08 Å². The number of hydrogen-bond acceptors (Lipinski definition) is 1. The van der Waals surface area contributed by atoms with Gasteiger partial charge in [0.25, 0.3) is 0 Å². The second-order valence-electron chi connectivity index (χ2n) is 4.20. The third-order valence-corrected chi connectivity index (χ3v) is 2.66. The maximum absolute atomic E-state index is 9.70. The summed E-state index contributed by atoms with van der Waals surface area (Å²) in [5.41, 5.74) is 1.20. The lowest BCUT2D eigenvalue weighted by atomic mass is 10.1. The van der Waals surface area contributed by atoms with Crippen LogP contribution in [0.5, 0.6) is 0 Å². The number of rotatable bonds is 7. The quantitative estimate of drug-likeness (QED) is 0.685. The molecule has 0 aliphatic heterocycles. The van der Waals surface area contributed by atoms with Crippen LogP contribution in [0, 0.1) is 0 Å². The monoisotopic (exact) mass is 218 g/mol. The van der Waals surface area contributed by atoms with Crippen LogP contribution in [0.2, 0.25) is 0 Å². The molecule has 0 radical (unpaired) electrons. The maximum atomic E-state index is 9.70. The van der Waals surface area contributed by atoms with Crippen molar-refractivity contribution in [1.82, 2.24) is 0 Å². The third-order valence-electron chi connectivity index (χ3n) is 2.66. The van der Waals surface area contributed by atoms with Crippen molar-refractivity contribution in [2.24, 2.45) is 0 Å². The fourth-order valence-electron chi connectivity index (χ4n) is 1.67. The molecule has 1 atom stereocenters. The fraction of sp³-hybridized carbons (Fsp3) is 0.467. The second kappa shape index (κ2) is 8.12. The SMILES string of the molecule is CCCCCC(O)C/C=C/c1ccccc1. The lowest BCUT2D eigenvalue weighted by Gasteiger charge is -2.06. The van der Waals surface area contributed by atoms with E-state index in [-0.39, 0.29) is 6.10 Å². The minimum Gasteiger partial charge on any atom is -0.393 e. The highest BCUT2D eigenvalue weighted by Crippen LogP contribution is 2.08. The Balaban J connectivity index is 2.21. The maximum Gasteiger partial charge on any atom is 0.0574 e. The molecule has 0 aliphatic rings. The third kappa shape index (κ3) is 5.72. The summed E-state index contributed by atoms with van der Waals surface area (Å²) in [7, 11) is 0. The summed E-state index contributed by atoms with van der Waals surface area (Å²) >= 11 is 0. The summed E-state index contributed by atoms with van der Waals surface area (Å²) in [5, 5.41) is 9.70. The van der Waals surface area contributed by atoms with E-state index in [4.69, 9.17) is 0 Å². The molecule has 0 heterocycles. The normalized spacial score (nSPS) is 13.1. The Hall–Kier alpha value is -1.08. The van der Waals surface area contributed by atoms with Crippen LogP contribution in [0.15, 0.2) is 36.4 Å². The summed E-state index contributed by atoms with van der Waals surface area (Å²) in [4.78, 5) is 0. The molecule has 1 unspecified atom stereocenters. The predicted molar refractivity (Wildman–Crippen MR) is 70.2 cm³/mol. The van der Waals surface area contributed by atoms with Gasteiger partial charge in [0.15, 0.2) is 0 Å². The Kier molecular flexibility index (Phi) is 6.59. The van der Waals surface area contributed by atoms with Gasteiger partial charge in [-0.3, -0.25) is 0 Å². The van der Waals surface area contributed by atoms with Gasteiger partial charge in [-0.15, -0.1) is 0 Å². The van der Waals surface area contributed by atoms with Crippen molar-refractivity contribution in [3.05, 3.63) is 42.0 Å². The summed E-state index contributed by atoms with van der Waals surface area (Å²) in [5.74, 6) is 0. The van der Waals surface area contributed by atoms with E-state index < -0.39 is 0 Å². The van der Waals surface area contributed by atoms with Gasteiger partial charge in [0, 0.05) is 0 Å². The molecule has 16 heavy (non-hydrogen) atoms. The van der Waals surface area contributed by atoms with Crippen LogP contribution in [0.1, 0.15) is 44.6 Å². The fourth-order valence-corrected chi connectivity index (χ4v) is 1.67. The standard InChI is InChI=1S/C15H22O/c1-2-3-5-12-15(16)13-8-11-14-9-6-4-7-10-14/h4,6-11,15-16H,2-3,5,12-13H2,1H3/b11-8+. The Morgan fingerprint density at radius 1 is 1.19 bits per heavy atom. The first-order chi connectivity index (χ1) is 7.83. The highest BCUT2D eigenvalue weighted by atomic mass is 16.3. The van der Waals surface area contributed by atoms with E-state index in [1.54, 1.807) is 0 Å². The molecule has 1 rings (SSSR count). The molecule has 1 heteroatoms. The van der Waals surface area contributed by atoms with Crippen molar-refractivity contribution in [3.63, 3.8) is 0 Å². The first kappa shape index (κ1) is 13.0. The van der Waals surface area contributed by atoms with Crippen LogP contribution in [0.25, 0.3) is 6.08 Å². The van der Waals surface area contributed by atoms with E-state index >= 15 is 0 Å². The van der Waals surface area contributed by atoms with E-state index in [2.05, 4.69) is 31.2 Å². The van der Waals surface area contributed by atoms with Crippen molar-refractivity contribution in [3.8, 4) is 0 Å². The van der Waals surface area contributed by atoms with Crippen LogP contribution < -0.4 is 0 Å². The molecule has 0 amide bonds. The lowest BCUT2D eigenvalue weighted by molar-refractivity contribution is 0.164. The molecular weight excluding hydrogens is 196 g/mol. The molecule has 0 fully saturated rings. The summed E-state index contributed by atoms with van der Waals surface area (Å²) in [6.45, 7) is 2.18. The number of aliphatic hydroxyl groups excluding tert-OH is 1. The van der Waals surface area contributed by atoms with Crippen LogP contribution >= 0.6 is 0 Å². The summed E-state index contributed by atoms with van der Waals surface area (Å²) in [6.07, 6.45) is 9.22. The Morgan fingerprint density at radius 3 is 2.62 bits per heavy atom. The molecule has 0 aliphatic carbocycles. The predicted octanol–water partition coefficient (Wildman–Crippen LogP) is 4.03. The Bertz CT molecular complexity index is 290. The van der Waals surface area contributed by atoms with Crippen LogP contribution in [-0.2, 0) is 0 Å². The van der Waals surface area contributed by atoms with E-state index in [1.165, 1.54) is 18.4 Å². The van der Waals surface area contributed by atoms with E-state index in [0.29, 0.717) is 0 Å². The second-order valence-corrected chi connectivity index (χ2v) is 4.20. The summed E-state index contributed by atoms with van der Waals surface area (Å²) in [6, 6.07) is 10.2. The lowest BCUT2D eigenvalue weighted by Crippen LogP contribution is -2.03. The zero-order valence-electron chi connectivity index (χ0n) is 10.1. The van der Waals surface area contributed by atoms with Gasteiger partial charge in [0.2, 0.25) is 0 Å². The minimum absolute atomic E-state index is 0.175. The van der Waals surface area contributed by atoms with Crippen LogP contribution in [0.3, 0.4) is 0 Å². The average molecular weight is 218 g/mol. The molecule has 88 valence electrons. The van der Waals surface area contributed by atoms with Crippen molar-refractivity contribution in [2.75, 3.05) is 0 Å². The highest BCUT2D eigenvalue weighted by Gasteiger charge is 2.00. The molecule has 0 saturated carbocycles. The molecule has 1 aromatic carbocycles. The van der Waals surface area contributed by atoms with Gasteiger partial charge in [0.1, 0.15) is 0 Å². The number of aliphatic hydroxyl groups is 1. The van der Waals surface area contributed by atoms with Crippen LogP contribution in [0.4, 0.5) is 0 Å². The molecule has 1 N–H and O–H groups in total. The number of hydrogen-bond donors (Lipinski definition) is 1. The summed E-state index contributed by atoms with van der Waals surface area (Å²) < 4.78 is 0. The average Bonchev–Trinajstić information content (AvgIpc) is 2.31. The topological polar surface area (TPSA) is 20.2 Å². The molecule has 1 aromatic rings. The van der Waals surface area contributed by atoms with Gasteiger partial charge in [-0.1, -0.05) is 68.7 Å². The van der Waals surface area contributed by atoms with Crippen molar-refractivity contribution in [1.29, 1.82) is 0 Å². The van der Waals surface area contributed by atoms with E-state index in [9.17, 15) is 5.11 Å². The number of unbranched alkanes of at least 4 members (excludes halogenated alkanes) is 2.